The number of aliphatic hydroxyl groups is 1. The second-order valence-corrected chi connectivity index (χ2v) is 5.39. The fourth-order valence-electron chi connectivity index (χ4n) is 1.98. The van der Waals surface area contributed by atoms with Crippen LogP contribution in [0.25, 0.3) is 0 Å². The van der Waals surface area contributed by atoms with E-state index < -0.39 is 0 Å². The van der Waals surface area contributed by atoms with Crippen molar-refractivity contribution < 1.29 is 5.11 Å². The number of hydrogen-bond donors (Lipinski definition) is 2. The molecule has 1 fully saturated rings. The molecule has 1 aromatic rings. The van der Waals surface area contributed by atoms with E-state index in [-0.39, 0.29) is 6.10 Å². The Kier molecular flexibility index (Phi) is 3.54. The van der Waals surface area contributed by atoms with Crippen molar-refractivity contribution in [3.8, 4) is 0 Å². The van der Waals surface area contributed by atoms with Crippen molar-refractivity contribution in [2.45, 2.75) is 41.9 Å². The van der Waals surface area contributed by atoms with Crippen molar-refractivity contribution in [3.05, 3.63) is 24.3 Å². The van der Waals surface area contributed by atoms with Crippen LogP contribution >= 0.6 is 11.8 Å². The molecule has 1 saturated carbocycles. The zero-order valence-electron chi connectivity index (χ0n) is 8.73. The molecule has 1 aliphatic carbocycles. The Balaban J connectivity index is 2.01. The summed E-state index contributed by atoms with van der Waals surface area (Å²) < 4.78 is 0. The quantitative estimate of drug-likeness (QED) is 0.758. The minimum atomic E-state index is -0.148. The molecule has 2 rings (SSSR count). The highest BCUT2D eigenvalue weighted by molar-refractivity contribution is 8.00. The first kappa shape index (κ1) is 10.8. The summed E-state index contributed by atoms with van der Waals surface area (Å²) in [6.07, 6.45) is 4.30. The molecule has 1 aliphatic rings. The summed E-state index contributed by atoms with van der Waals surface area (Å²) >= 11 is 1.76. The lowest BCUT2D eigenvalue weighted by Gasteiger charge is -2.26. The first-order chi connectivity index (χ1) is 7.25. The van der Waals surface area contributed by atoms with Gasteiger partial charge in [0.15, 0.2) is 0 Å². The number of anilines is 1. The van der Waals surface area contributed by atoms with Gasteiger partial charge in [-0.3, -0.25) is 0 Å². The lowest BCUT2D eigenvalue weighted by Crippen LogP contribution is -2.26. The molecule has 82 valence electrons. The van der Waals surface area contributed by atoms with Crippen LogP contribution in [-0.2, 0) is 0 Å². The summed E-state index contributed by atoms with van der Waals surface area (Å²) in [4.78, 5) is 1.17. The van der Waals surface area contributed by atoms with E-state index in [1.807, 2.05) is 18.2 Å². The van der Waals surface area contributed by atoms with Gasteiger partial charge < -0.3 is 10.8 Å². The van der Waals surface area contributed by atoms with E-state index in [9.17, 15) is 5.11 Å². The smallest absolute Gasteiger partial charge is 0.0662 e. The molecule has 15 heavy (non-hydrogen) atoms. The molecular weight excluding hydrogens is 206 g/mol. The molecule has 3 N–H and O–H groups in total. The molecule has 0 spiro atoms. The Morgan fingerprint density at radius 2 is 2.07 bits per heavy atom. The average molecular weight is 223 g/mol. The summed E-state index contributed by atoms with van der Waals surface area (Å²) in [5, 5.41) is 10.2. The van der Waals surface area contributed by atoms with Crippen LogP contribution in [-0.4, -0.2) is 16.5 Å². The molecule has 3 heteroatoms. The van der Waals surface area contributed by atoms with Crippen LogP contribution in [0.4, 0.5) is 5.69 Å². The SMILES string of the molecule is Nc1cccc(SC2CCCCC2O)c1. The van der Waals surface area contributed by atoms with E-state index in [4.69, 9.17) is 5.73 Å². The van der Waals surface area contributed by atoms with E-state index in [0.717, 1.165) is 24.9 Å². The number of nitrogen functional groups attached to an aromatic ring is 1. The molecule has 2 unspecified atom stereocenters. The molecule has 1 aromatic carbocycles. The summed E-state index contributed by atoms with van der Waals surface area (Å²) in [5.41, 5.74) is 6.52. The maximum atomic E-state index is 9.85. The highest BCUT2D eigenvalue weighted by Gasteiger charge is 2.23. The van der Waals surface area contributed by atoms with Crippen LogP contribution in [0.1, 0.15) is 25.7 Å². The van der Waals surface area contributed by atoms with E-state index in [2.05, 4.69) is 6.07 Å². The lowest BCUT2D eigenvalue weighted by molar-refractivity contribution is 0.137. The van der Waals surface area contributed by atoms with E-state index >= 15 is 0 Å². The molecule has 0 aromatic heterocycles. The molecule has 0 saturated heterocycles. The molecule has 0 amide bonds. The Hall–Kier alpha value is -0.670. The van der Waals surface area contributed by atoms with Gasteiger partial charge in [0.05, 0.1) is 6.10 Å². The van der Waals surface area contributed by atoms with Crippen LogP contribution in [0.3, 0.4) is 0 Å². The average Bonchev–Trinajstić information content (AvgIpc) is 2.22. The fraction of sp³-hybridized carbons (Fsp3) is 0.500. The molecular formula is C12H17NOS. The number of rotatable bonds is 2. The van der Waals surface area contributed by atoms with Crippen molar-refractivity contribution in [2.24, 2.45) is 0 Å². The van der Waals surface area contributed by atoms with E-state index in [1.165, 1.54) is 11.3 Å². The van der Waals surface area contributed by atoms with Crippen LogP contribution in [0.15, 0.2) is 29.2 Å². The van der Waals surface area contributed by atoms with Crippen LogP contribution in [0, 0.1) is 0 Å². The summed E-state index contributed by atoms with van der Waals surface area (Å²) in [5.74, 6) is 0. The Morgan fingerprint density at radius 3 is 2.80 bits per heavy atom. The van der Waals surface area contributed by atoms with Gasteiger partial charge in [-0.2, -0.15) is 0 Å². The maximum Gasteiger partial charge on any atom is 0.0662 e. The normalized spacial score (nSPS) is 26.5. The van der Waals surface area contributed by atoms with Gasteiger partial charge >= 0.3 is 0 Å². The van der Waals surface area contributed by atoms with Crippen molar-refractivity contribution in [2.75, 3.05) is 5.73 Å². The Bertz CT molecular complexity index is 329. The molecule has 0 bridgehead atoms. The molecule has 0 aliphatic heterocycles. The summed E-state index contributed by atoms with van der Waals surface area (Å²) in [6, 6.07) is 7.89. The largest absolute Gasteiger partial charge is 0.399 e. The minimum Gasteiger partial charge on any atom is -0.399 e. The second kappa shape index (κ2) is 4.90. The fourth-order valence-corrected chi connectivity index (χ4v) is 3.27. The third-order valence-corrected chi connectivity index (χ3v) is 4.19. The standard InChI is InChI=1S/C12H17NOS/c13-9-4-3-5-10(8-9)15-12-7-2-1-6-11(12)14/h3-5,8,11-12,14H,1-2,6-7,13H2. The van der Waals surface area contributed by atoms with E-state index in [1.54, 1.807) is 11.8 Å². The highest BCUT2D eigenvalue weighted by Crippen LogP contribution is 2.34. The van der Waals surface area contributed by atoms with E-state index in [0.29, 0.717) is 5.25 Å². The van der Waals surface area contributed by atoms with Gasteiger partial charge in [-0.1, -0.05) is 18.9 Å². The molecule has 2 atom stereocenters. The van der Waals surface area contributed by atoms with Gasteiger partial charge in [-0.15, -0.1) is 11.8 Å². The predicted molar refractivity (Wildman–Crippen MR) is 65.0 cm³/mol. The topological polar surface area (TPSA) is 46.2 Å². The Labute approximate surface area is 94.9 Å². The van der Waals surface area contributed by atoms with Gasteiger partial charge in [0.1, 0.15) is 0 Å². The predicted octanol–water partition coefficient (Wildman–Crippen LogP) is 2.66. The zero-order chi connectivity index (χ0) is 10.7. The van der Waals surface area contributed by atoms with Crippen molar-refractivity contribution in [1.82, 2.24) is 0 Å². The molecule has 0 heterocycles. The van der Waals surface area contributed by atoms with Gasteiger partial charge in [0, 0.05) is 15.8 Å². The number of nitrogens with two attached hydrogens (primary N) is 1. The third kappa shape index (κ3) is 2.89. The minimum absolute atomic E-state index is 0.148. The van der Waals surface area contributed by atoms with Crippen LogP contribution in [0.5, 0.6) is 0 Å². The van der Waals surface area contributed by atoms with Crippen molar-refractivity contribution in [3.63, 3.8) is 0 Å². The first-order valence-electron chi connectivity index (χ1n) is 5.46. The van der Waals surface area contributed by atoms with Crippen LogP contribution in [0.2, 0.25) is 0 Å². The van der Waals surface area contributed by atoms with Crippen molar-refractivity contribution in [1.29, 1.82) is 0 Å². The summed E-state index contributed by atoms with van der Waals surface area (Å²) in [6.45, 7) is 0. The Morgan fingerprint density at radius 1 is 1.27 bits per heavy atom. The number of benzene rings is 1. The lowest BCUT2D eigenvalue weighted by atomic mass is 9.97. The summed E-state index contributed by atoms with van der Waals surface area (Å²) in [7, 11) is 0. The van der Waals surface area contributed by atoms with Gasteiger partial charge in [-0.05, 0) is 31.0 Å². The highest BCUT2D eigenvalue weighted by atomic mass is 32.2. The van der Waals surface area contributed by atoms with Crippen molar-refractivity contribution >= 4 is 17.4 Å². The number of thioether (sulfide) groups is 1. The second-order valence-electron chi connectivity index (χ2n) is 4.08. The first-order valence-corrected chi connectivity index (χ1v) is 6.34. The van der Waals surface area contributed by atoms with Crippen LogP contribution < -0.4 is 5.73 Å². The number of aliphatic hydroxyl groups excluding tert-OH is 1. The molecule has 2 nitrogen and oxygen atoms in total. The monoisotopic (exact) mass is 223 g/mol. The number of hydrogen-bond acceptors (Lipinski definition) is 3. The maximum absolute atomic E-state index is 9.85. The van der Waals surface area contributed by atoms with Gasteiger partial charge in [-0.25, -0.2) is 0 Å². The van der Waals surface area contributed by atoms with Gasteiger partial charge in [0.2, 0.25) is 0 Å². The van der Waals surface area contributed by atoms with Gasteiger partial charge in [0.25, 0.3) is 0 Å². The molecule has 0 radical (unpaired) electrons. The third-order valence-electron chi connectivity index (χ3n) is 2.81. The zero-order valence-corrected chi connectivity index (χ0v) is 9.54.